The summed E-state index contributed by atoms with van der Waals surface area (Å²) >= 11 is 0. The molecule has 1 aromatic rings. The summed E-state index contributed by atoms with van der Waals surface area (Å²) in [4.78, 5) is 12.1. The molecule has 3 rings (SSSR count). The Morgan fingerprint density at radius 1 is 1.20 bits per heavy atom. The van der Waals surface area contributed by atoms with Crippen LogP contribution in [0.4, 0.5) is 0 Å². The van der Waals surface area contributed by atoms with Crippen LogP contribution in [-0.4, -0.2) is 37.7 Å². The molecule has 6 heteroatoms. The number of benzene rings is 1. The Bertz CT molecular complexity index is 463. The number of hydrogen-bond acceptors (Lipinski definition) is 4. The number of carbonyl (C=O) groups is 1. The lowest BCUT2D eigenvalue weighted by atomic mass is 10.1. The van der Waals surface area contributed by atoms with E-state index in [0.717, 1.165) is 25.9 Å². The van der Waals surface area contributed by atoms with Crippen LogP contribution in [0.3, 0.4) is 0 Å². The zero-order valence-corrected chi connectivity index (χ0v) is 11.9. The first-order chi connectivity index (χ1) is 9.33. The second-order valence-corrected chi connectivity index (χ2v) is 4.90. The molecule has 2 aliphatic rings. The van der Waals surface area contributed by atoms with Crippen LogP contribution >= 0.6 is 12.4 Å². The molecule has 0 saturated carbocycles. The molecule has 20 heavy (non-hydrogen) atoms. The summed E-state index contributed by atoms with van der Waals surface area (Å²) in [5.41, 5.74) is 0. The predicted octanol–water partition coefficient (Wildman–Crippen LogP) is 1.12. The summed E-state index contributed by atoms with van der Waals surface area (Å²) in [6.45, 7) is 2.18. The molecule has 0 bridgehead atoms. The number of ether oxygens (including phenoxy) is 2. The van der Waals surface area contributed by atoms with E-state index >= 15 is 0 Å². The molecule has 0 aliphatic carbocycles. The van der Waals surface area contributed by atoms with Gasteiger partial charge in [0.15, 0.2) is 11.5 Å². The summed E-state index contributed by atoms with van der Waals surface area (Å²) in [5, 5.41) is 6.31. The van der Waals surface area contributed by atoms with Crippen molar-refractivity contribution in [2.75, 3.05) is 19.7 Å². The number of rotatable bonds is 2. The quantitative estimate of drug-likeness (QED) is 0.859. The number of fused-ring (bicyclic) bond motifs is 1. The minimum Gasteiger partial charge on any atom is -0.485 e. The maximum absolute atomic E-state index is 12.1. The van der Waals surface area contributed by atoms with Crippen molar-refractivity contribution in [2.45, 2.75) is 25.0 Å². The van der Waals surface area contributed by atoms with Crippen molar-refractivity contribution >= 4 is 18.3 Å². The number of halogens is 1. The van der Waals surface area contributed by atoms with Crippen molar-refractivity contribution in [2.24, 2.45) is 0 Å². The molecule has 1 amide bonds. The zero-order chi connectivity index (χ0) is 13.1. The number of piperidine rings is 1. The summed E-state index contributed by atoms with van der Waals surface area (Å²) in [6, 6.07) is 7.66. The van der Waals surface area contributed by atoms with E-state index in [9.17, 15) is 4.79 Å². The summed E-state index contributed by atoms with van der Waals surface area (Å²) in [5.74, 6) is 1.26. The Morgan fingerprint density at radius 2 is 1.90 bits per heavy atom. The lowest BCUT2D eigenvalue weighted by Crippen LogP contribution is -2.50. The van der Waals surface area contributed by atoms with Crippen LogP contribution in [0.2, 0.25) is 0 Å². The van der Waals surface area contributed by atoms with Gasteiger partial charge in [0.05, 0.1) is 0 Å². The van der Waals surface area contributed by atoms with E-state index in [-0.39, 0.29) is 31.0 Å². The van der Waals surface area contributed by atoms with Crippen LogP contribution in [0.15, 0.2) is 24.3 Å². The van der Waals surface area contributed by atoms with Gasteiger partial charge in [-0.1, -0.05) is 12.1 Å². The SMILES string of the molecule is Cl.O=C(NC1CCNCC1)C1COc2ccccc2O1. The van der Waals surface area contributed by atoms with Gasteiger partial charge in [-0.2, -0.15) is 0 Å². The highest BCUT2D eigenvalue weighted by Crippen LogP contribution is 2.30. The van der Waals surface area contributed by atoms with Crippen molar-refractivity contribution in [3.05, 3.63) is 24.3 Å². The number of amides is 1. The zero-order valence-electron chi connectivity index (χ0n) is 11.1. The third-order valence-electron chi connectivity index (χ3n) is 3.49. The molecule has 0 radical (unpaired) electrons. The van der Waals surface area contributed by atoms with Crippen molar-refractivity contribution in [1.29, 1.82) is 0 Å². The van der Waals surface area contributed by atoms with Gasteiger partial charge in [0.25, 0.3) is 5.91 Å². The molecular weight excluding hydrogens is 280 g/mol. The van der Waals surface area contributed by atoms with E-state index in [2.05, 4.69) is 10.6 Å². The fraction of sp³-hybridized carbons (Fsp3) is 0.500. The van der Waals surface area contributed by atoms with E-state index < -0.39 is 6.10 Å². The van der Waals surface area contributed by atoms with Gasteiger partial charge in [-0.05, 0) is 38.1 Å². The third kappa shape index (κ3) is 3.35. The Labute approximate surface area is 124 Å². The van der Waals surface area contributed by atoms with Gasteiger partial charge in [0.2, 0.25) is 6.10 Å². The maximum atomic E-state index is 12.1. The van der Waals surface area contributed by atoms with Crippen molar-refractivity contribution < 1.29 is 14.3 Å². The molecule has 110 valence electrons. The molecular formula is C14H19ClN2O3. The minimum absolute atomic E-state index is 0. The minimum atomic E-state index is -0.551. The van der Waals surface area contributed by atoms with Crippen LogP contribution < -0.4 is 20.1 Å². The van der Waals surface area contributed by atoms with Gasteiger partial charge in [0.1, 0.15) is 6.61 Å². The highest BCUT2D eigenvalue weighted by molar-refractivity contribution is 5.85. The molecule has 5 nitrogen and oxygen atoms in total. The normalized spacial score (nSPS) is 21.7. The summed E-state index contributed by atoms with van der Waals surface area (Å²) in [7, 11) is 0. The van der Waals surface area contributed by atoms with Crippen molar-refractivity contribution in [3.63, 3.8) is 0 Å². The Morgan fingerprint density at radius 3 is 2.65 bits per heavy atom. The second-order valence-electron chi connectivity index (χ2n) is 4.90. The number of nitrogens with one attached hydrogen (secondary N) is 2. The second kappa shape index (κ2) is 6.81. The van der Waals surface area contributed by atoms with E-state index in [1.807, 2.05) is 24.3 Å². The molecule has 1 unspecified atom stereocenters. The summed E-state index contributed by atoms with van der Waals surface area (Å²) < 4.78 is 11.2. The first-order valence-electron chi connectivity index (χ1n) is 6.72. The number of hydrogen-bond donors (Lipinski definition) is 2. The molecule has 2 N–H and O–H groups in total. The maximum Gasteiger partial charge on any atom is 0.264 e. The van der Waals surface area contributed by atoms with Crippen LogP contribution in [-0.2, 0) is 4.79 Å². The van der Waals surface area contributed by atoms with E-state index in [4.69, 9.17) is 9.47 Å². The number of para-hydroxylation sites is 2. The van der Waals surface area contributed by atoms with Gasteiger partial charge in [-0.3, -0.25) is 4.79 Å². The van der Waals surface area contributed by atoms with Gasteiger partial charge in [-0.15, -0.1) is 12.4 Å². The average Bonchev–Trinajstić information content (AvgIpc) is 2.48. The van der Waals surface area contributed by atoms with E-state index in [1.165, 1.54) is 0 Å². The molecule has 2 aliphatic heterocycles. The van der Waals surface area contributed by atoms with Gasteiger partial charge in [-0.25, -0.2) is 0 Å². The predicted molar refractivity (Wildman–Crippen MR) is 77.6 cm³/mol. The highest BCUT2D eigenvalue weighted by Gasteiger charge is 2.28. The van der Waals surface area contributed by atoms with Crippen molar-refractivity contribution in [3.8, 4) is 11.5 Å². The van der Waals surface area contributed by atoms with Crippen LogP contribution in [0.5, 0.6) is 11.5 Å². The molecule has 1 fully saturated rings. The first kappa shape index (κ1) is 14.9. The van der Waals surface area contributed by atoms with E-state index in [1.54, 1.807) is 0 Å². The Kier molecular flexibility index (Phi) is 5.09. The number of carbonyl (C=O) groups excluding carboxylic acids is 1. The molecule has 2 heterocycles. The van der Waals surface area contributed by atoms with Gasteiger partial charge >= 0.3 is 0 Å². The lowest BCUT2D eigenvalue weighted by molar-refractivity contribution is -0.131. The summed E-state index contributed by atoms with van der Waals surface area (Å²) in [6.07, 6.45) is 1.39. The molecule has 1 atom stereocenters. The Balaban J connectivity index is 0.00000147. The molecule has 0 spiro atoms. The first-order valence-corrected chi connectivity index (χ1v) is 6.72. The monoisotopic (exact) mass is 298 g/mol. The third-order valence-corrected chi connectivity index (χ3v) is 3.49. The standard InChI is InChI=1S/C14H18N2O3.ClH/c17-14(16-10-5-7-15-8-6-10)13-9-18-11-3-1-2-4-12(11)19-13;/h1-4,10,13,15H,5-9H2,(H,16,17);1H. The molecule has 0 aromatic heterocycles. The topological polar surface area (TPSA) is 59.6 Å². The fourth-order valence-electron chi connectivity index (χ4n) is 2.41. The van der Waals surface area contributed by atoms with Gasteiger partial charge in [0, 0.05) is 6.04 Å². The largest absolute Gasteiger partial charge is 0.485 e. The van der Waals surface area contributed by atoms with Crippen LogP contribution in [0.25, 0.3) is 0 Å². The lowest BCUT2D eigenvalue weighted by Gasteiger charge is -2.29. The molecule has 1 saturated heterocycles. The fourth-order valence-corrected chi connectivity index (χ4v) is 2.41. The highest BCUT2D eigenvalue weighted by atomic mass is 35.5. The van der Waals surface area contributed by atoms with Crippen LogP contribution in [0.1, 0.15) is 12.8 Å². The van der Waals surface area contributed by atoms with E-state index in [0.29, 0.717) is 11.5 Å². The van der Waals surface area contributed by atoms with Crippen molar-refractivity contribution in [1.82, 2.24) is 10.6 Å². The smallest absolute Gasteiger partial charge is 0.264 e. The van der Waals surface area contributed by atoms with Crippen LogP contribution in [0, 0.1) is 0 Å². The van der Waals surface area contributed by atoms with Gasteiger partial charge < -0.3 is 20.1 Å². The Hall–Kier alpha value is -1.46. The molecule has 1 aromatic carbocycles. The average molecular weight is 299 g/mol.